The maximum absolute atomic E-state index is 12.9. The lowest BCUT2D eigenvalue weighted by atomic mass is 10.0. The number of aromatic nitrogens is 1. The molecule has 1 atom stereocenters. The zero-order chi connectivity index (χ0) is 25.0. The Morgan fingerprint density at radius 2 is 1.76 bits per heavy atom. The maximum atomic E-state index is 12.9. The number of pyridine rings is 1. The van der Waals surface area contributed by atoms with Crippen LogP contribution in [0.1, 0.15) is 55.2 Å². The number of esters is 1. The van der Waals surface area contributed by atoms with Crippen LogP contribution in [0.15, 0.2) is 65.6 Å². The molecule has 0 aliphatic rings. The summed E-state index contributed by atoms with van der Waals surface area (Å²) in [4.78, 5) is 37.8. The van der Waals surface area contributed by atoms with E-state index < -0.39 is 17.6 Å². The molecular formula is C27H25ClN2O4. The van der Waals surface area contributed by atoms with Crippen LogP contribution >= 0.6 is 11.6 Å². The predicted octanol–water partition coefficient (Wildman–Crippen LogP) is 5.37. The van der Waals surface area contributed by atoms with Crippen molar-refractivity contribution in [1.29, 1.82) is 5.26 Å². The van der Waals surface area contributed by atoms with Gasteiger partial charge in [0.15, 0.2) is 5.78 Å². The molecule has 0 saturated carbocycles. The monoisotopic (exact) mass is 476 g/mol. The number of rotatable bonds is 6. The lowest BCUT2D eigenvalue weighted by Gasteiger charge is -2.19. The van der Waals surface area contributed by atoms with E-state index >= 15 is 0 Å². The maximum Gasteiger partial charge on any atom is 0.338 e. The Morgan fingerprint density at radius 3 is 2.35 bits per heavy atom. The van der Waals surface area contributed by atoms with Gasteiger partial charge in [-0.2, -0.15) is 5.26 Å². The van der Waals surface area contributed by atoms with Gasteiger partial charge in [0.1, 0.15) is 5.60 Å². The average molecular weight is 477 g/mol. The van der Waals surface area contributed by atoms with Crippen LogP contribution in [0.4, 0.5) is 0 Å². The summed E-state index contributed by atoms with van der Waals surface area (Å²) in [5, 5.41) is 9.80. The normalized spacial score (nSPS) is 12.0. The van der Waals surface area contributed by atoms with Gasteiger partial charge in [-0.3, -0.25) is 9.59 Å². The van der Waals surface area contributed by atoms with Crippen LogP contribution in [0.3, 0.4) is 0 Å². The molecule has 3 aromatic rings. The van der Waals surface area contributed by atoms with Gasteiger partial charge in [-0.25, -0.2) is 4.79 Å². The number of carbonyl (C=O) groups excluding carboxylic acids is 2. The minimum atomic E-state index is -0.693. The predicted molar refractivity (Wildman–Crippen MR) is 131 cm³/mol. The molecule has 0 fully saturated rings. The van der Waals surface area contributed by atoms with Gasteiger partial charge < -0.3 is 9.30 Å². The molecule has 3 rings (SSSR count). The first kappa shape index (κ1) is 24.9. The molecule has 0 radical (unpaired) electrons. The molecule has 174 valence electrons. The number of benzene rings is 2. The summed E-state index contributed by atoms with van der Waals surface area (Å²) in [7, 11) is 0. The van der Waals surface area contributed by atoms with Crippen LogP contribution in [0.2, 0.25) is 5.02 Å². The van der Waals surface area contributed by atoms with Crippen molar-refractivity contribution in [3.05, 3.63) is 92.9 Å². The Balaban J connectivity index is 1.75. The molecule has 7 heteroatoms. The number of nitriles is 1. The molecule has 0 aliphatic heterocycles. The second kappa shape index (κ2) is 10.1. The SMILES string of the molecule is CC(C(=O)Cc1ccc(C(=O)OC(C)(C)C)cc1)n1ccc(-c2cc(Cl)ccc2C#N)cc1=O. The van der Waals surface area contributed by atoms with Crippen molar-refractivity contribution >= 4 is 23.4 Å². The molecule has 0 bridgehead atoms. The molecule has 2 aromatic carbocycles. The van der Waals surface area contributed by atoms with Gasteiger partial charge in [-0.05, 0) is 75.2 Å². The largest absolute Gasteiger partial charge is 0.456 e. The second-order valence-corrected chi connectivity index (χ2v) is 9.42. The number of nitrogens with zero attached hydrogens (tertiary/aromatic N) is 2. The summed E-state index contributed by atoms with van der Waals surface area (Å²) in [5.41, 5.74) is 1.70. The zero-order valence-corrected chi connectivity index (χ0v) is 20.2. The summed E-state index contributed by atoms with van der Waals surface area (Å²) in [6.07, 6.45) is 1.66. The summed E-state index contributed by atoms with van der Waals surface area (Å²) in [6, 6.07) is 16.0. The first-order valence-electron chi connectivity index (χ1n) is 10.8. The number of Topliss-reactive ketones (excluding diaryl/α,β-unsaturated/α-hetero) is 1. The first-order chi connectivity index (χ1) is 16.0. The third-order valence-electron chi connectivity index (χ3n) is 5.21. The van der Waals surface area contributed by atoms with E-state index in [-0.39, 0.29) is 17.8 Å². The van der Waals surface area contributed by atoms with Crippen LogP contribution in [-0.2, 0) is 16.0 Å². The van der Waals surface area contributed by atoms with Gasteiger partial charge >= 0.3 is 5.97 Å². The van der Waals surface area contributed by atoms with Crippen molar-refractivity contribution in [2.24, 2.45) is 0 Å². The second-order valence-electron chi connectivity index (χ2n) is 8.98. The fourth-order valence-electron chi connectivity index (χ4n) is 3.43. The van der Waals surface area contributed by atoms with Crippen LogP contribution in [0.5, 0.6) is 0 Å². The molecule has 1 heterocycles. The Morgan fingerprint density at radius 1 is 1.09 bits per heavy atom. The third-order valence-corrected chi connectivity index (χ3v) is 5.45. The van der Waals surface area contributed by atoms with E-state index in [1.165, 1.54) is 10.6 Å². The molecule has 6 nitrogen and oxygen atoms in total. The summed E-state index contributed by atoms with van der Waals surface area (Å²) >= 11 is 6.06. The lowest BCUT2D eigenvalue weighted by Crippen LogP contribution is -2.28. The fourth-order valence-corrected chi connectivity index (χ4v) is 3.60. The molecular weight excluding hydrogens is 452 g/mol. The van der Waals surface area contributed by atoms with Crippen molar-refractivity contribution in [1.82, 2.24) is 4.57 Å². The van der Waals surface area contributed by atoms with Gasteiger partial charge in [0, 0.05) is 29.3 Å². The molecule has 0 aliphatic carbocycles. The Bertz CT molecular complexity index is 1330. The zero-order valence-electron chi connectivity index (χ0n) is 19.5. The van der Waals surface area contributed by atoms with E-state index in [1.807, 2.05) is 0 Å². The van der Waals surface area contributed by atoms with Gasteiger partial charge in [-0.1, -0.05) is 23.7 Å². The van der Waals surface area contributed by atoms with Gasteiger partial charge in [0.05, 0.1) is 23.2 Å². The van der Waals surface area contributed by atoms with Gasteiger partial charge in [0.25, 0.3) is 5.56 Å². The van der Waals surface area contributed by atoms with Crippen molar-refractivity contribution in [2.45, 2.75) is 45.8 Å². The first-order valence-corrected chi connectivity index (χ1v) is 11.1. The lowest BCUT2D eigenvalue weighted by molar-refractivity contribution is -0.121. The number of carbonyl (C=O) groups is 2. The van der Waals surface area contributed by atoms with E-state index in [2.05, 4.69) is 6.07 Å². The molecule has 1 unspecified atom stereocenters. The Kier molecular flexibility index (Phi) is 7.38. The fraction of sp³-hybridized carbons (Fsp3) is 0.259. The summed E-state index contributed by atoms with van der Waals surface area (Å²) in [5.74, 6) is -0.579. The van der Waals surface area contributed by atoms with Crippen molar-refractivity contribution in [3.63, 3.8) is 0 Å². The van der Waals surface area contributed by atoms with Crippen molar-refractivity contribution < 1.29 is 14.3 Å². The third kappa shape index (κ3) is 6.00. The van der Waals surface area contributed by atoms with E-state index in [1.54, 1.807) is 82.4 Å². The van der Waals surface area contributed by atoms with E-state index in [0.29, 0.717) is 27.3 Å². The molecule has 0 N–H and O–H groups in total. The quantitative estimate of drug-likeness (QED) is 0.446. The Labute approximate surface area is 203 Å². The number of ether oxygens (including phenoxy) is 1. The van der Waals surface area contributed by atoms with Crippen LogP contribution in [0, 0.1) is 11.3 Å². The highest BCUT2D eigenvalue weighted by molar-refractivity contribution is 6.30. The standard InChI is InChI=1S/C27H25ClN2O4/c1-17(24(31)13-18-5-7-19(8-6-18)26(33)34-27(2,3)4)30-12-11-20(14-25(30)32)23-15-22(28)10-9-21(23)16-29/h5-12,14-15,17H,13H2,1-4H3. The van der Waals surface area contributed by atoms with Gasteiger partial charge in [0.2, 0.25) is 0 Å². The topological polar surface area (TPSA) is 89.2 Å². The number of hydrogen-bond acceptors (Lipinski definition) is 5. The highest BCUT2D eigenvalue weighted by Gasteiger charge is 2.20. The molecule has 1 aromatic heterocycles. The van der Waals surface area contributed by atoms with E-state index in [0.717, 1.165) is 5.56 Å². The van der Waals surface area contributed by atoms with Gasteiger partial charge in [-0.15, -0.1) is 0 Å². The molecule has 0 spiro atoms. The summed E-state index contributed by atoms with van der Waals surface area (Å²) < 4.78 is 6.71. The van der Waals surface area contributed by atoms with Crippen LogP contribution in [-0.4, -0.2) is 21.9 Å². The highest BCUT2D eigenvalue weighted by Crippen LogP contribution is 2.26. The highest BCUT2D eigenvalue weighted by atomic mass is 35.5. The van der Waals surface area contributed by atoms with Crippen LogP contribution in [0.25, 0.3) is 11.1 Å². The molecule has 34 heavy (non-hydrogen) atoms. The number of hydrogen-bond donors (Lipinski definition) is 0. The number of ketones is 1. The van der Waals surface area contributed by atoms with E-state index in [4.69, 9.17) is 16.3 Å². The van der Waals surface area contributed by atoms with E-state index in [9.17, 15) is 19.6 Å². The minimum absolute atomic E-state index is 0.108. The summed E-state index contributed by atoms with van der Waals surface area (Å²) in [6.45, 7) is 7.06. The average Bonchev–Trinajstić information content (AvgIpc) is 2.77. The number of halogens is 1. The molecule has 0 saturated heterocycles. The molecule has 0 amide bonds. The minimum Gasteiger partial charge on any atom is -0.456 e. The van der Waals surface area contributed by atoms with Crippen LogP contribution < -0.4 is 5.56 Å². The van der Waals surface area contributed by atoms with Crippen molar-refractivity contribution in [3.8, 4) is 17.2 Å². The van der Waals surface area contributed by atoms with Crippen molar-refractivity contribution in [2.75, 3.05) is 0 Å². The Hall–Kier alpha value is -3.69. The smallest absolute Gasteiger partial charge is 0.338 e.